The number of rotatable bonds is 4. The quantitative estimate of drug-likeness (QED) is 0.855. The van der Waals surface area contributed by atoms with E-state index >= 15 is 0 Å². The van der Waals surface area contributed by atoms with Crippen molar-refractivity contribution in [1.82, 2.24) is 14.5 Å². The lowest BCUT2D eigenvalue weighted by molar-refractivity contribution is 0.0760. The smallest absolute Gasteiger partial charge is 0.260 e. The third-order valence-electron chi connectivity index (χ3n) is 4.81. The molecule has 0 spiro atoms. The lowest BCUT2D eigenvalue weighted by Crippen LogP contribution is -2.32. The van der Waals surface area contributed by atoms with Crippen LogP contribution in [0.3, 0.4) is 0 Å². The summed E-state index contributed by atoms with van der Waals surface area (Å²) < 4.78 is 6.65. The Morgan fingerprint density at radius 1 is 1.24 bits per heavy atom. The molecule has 134 valence electrons. The van der Waals surface area contributed by atoms with Gasteiger partial charge in [-0.05, 0) is 31.9 Å². The molecule has 6 heteroatoms. The van der Waals surface area contributed by atoms with Gasteiger partial charge in [-0.25, -0.2) is 0 Å². The number of pyridine rings is 2. The van der Waals surface area contributed by atoms with E-state index in [2.05, 4.69) is 4.98 Å². The zero-order valence-corrected chi connectivity index (χ0v) is 15.0. The van der Waals surface area contributed by atoms with Crippen LogP contribution in [0.25, 0.3) is 10.9 Å². The molecule has 1 aliphatic heterocycles. The van der Waals surface area contributed by atoms with Crippen molar-refractivity contribution in [2.75, 3.05) is 26.8 Å². The first-order valence-corrected chi connectivity index (χ1v) is 8.91. The fourth-order valence-corrected chi connectivity index (χ4v) is 3.33. The van der Waals surface area contributed by atoms with Gasteiger partial charge in [0.05, 0.1) is 28.8 Å². The molecule has 0 bridgehead atoms. The number of nitrogens with zero attached hydrogens (tertiary/aromatic N) is 3. The van der Waals surface area contributed by atoms with E-state index in [9.17, 15) is 9.59 Å². The van der Waals surface area contributed by atoms with Gasteiger partial charge in [0.2, 0.25) is 0 Å². The van der Waals surface area contributed by atoms with Crippen molar-refractivity contribution in [2.45, 2.75) is 39.2 Å². The molecular weight excluding hydrogens is 318 g/mol. The summed E-state index contributed by atoms with van der Waals surface area (Å²) in [6, 6.07) is 3.54. The van der Waals surface area contributed by atoms with E-state index < -0.39 is 0 Å². The standard InChI is InChI=1S/C19H25N3O3/c1-14-15(18(23)21-8-5-3-4-6-9-21)13-16-17(20-14)7-10-22(19(16)24)11-12-25-2/h7,10,13H,3-6,8-9,11-12H2,1-2H3. The Labute approximate surface area is 147 Å². The maximum Gasteiger partial charge on any atom is 0.260 e. The molecule has 6 nitrogen and oxygen atoms in total. The second kappa shape index (κ2) is 7.78. The van der Waals surface area contributed by atoms with E-state index in [1.807, 2.05) is 17.9 Å². The Morgan fingerprint density at radius 3 is 2.64 bits per heavy atom. The lowest BCUT2D eigenvalue weighted by Gasteiger charge is -2.21. The number of aryl methyl sites for hydroxylation is 1. The Bertz CT molecular complexity index is 821. The Balaban J connectivity index is 2.00. The minimum atomic E-state index is -0.132. The first-order chi connectivity index (χ1) is 12.1. The molecule has 1 aliphatic rings. The highest BCUT2D eigenvalue weighted by Gasteiger charge is 2.21. The van der Waals surface area contributed by atoms with E-state index in [4.69, 9.17) is 4.74 Å². The van der Waals surface area contributed by atoms with E-state index in [0.29, 0.717) is 35.3 Å². The van der Waals surface area contributed by atoms with Gasteiger partial charge < -0.3 is 14.2 Å². The molecule has 25 heavy (non-hydrogen) atoms. The summed E-state index contributed by atoms with van der Waals surface area (Å²) in [6.07, 6.45) is 6.14. The van der Waals surface area contributed by atoms with Crippen LogP contribution in [0, 0.1) is 6.92 Å². The maximum atomic E-state index is 12.9. The molecule has 2 aromatic rings. The van der Waals surface area contributed by atoms with Gasteiger partial charge in [0, 0.05) is 32.9 Å². The number of carbonyl (C=O) groups excluding carboxylic acids is 1. The number of aromatic nitrogens is 2. The van der Waals surface area contributed by atoms with E-state index in [1.54, 1.807) is 23.9 Å². The van der Waals surface area contributed by atoms with Gasteiger partial charge in [0.25, 0.3) is 11.5 Å². The molecule has 3 rings (SSSR count). The number of hydrogen-bond donors (Lipinski definition) is 0. The molecule has 0 aromatic carbocycles. The average Bonchev–Trinajstić information content (AvgIpc) is 2.90. The Kier molecular flexibility index (Phi) is 5.48. The van der Waals surface area contributed by atoms with Crippen molar-refractivity contribution >= 4 is 16.8 Å². The van der Waals surface area contributed by atoms with Crippen LogP contribution in [0.1, 0.15) is 41.7 Å². The van der Waals surface area contributed by atoms with Crippen molar-refractivity contribution in [3.05, 3.63) is 39.9 Å². The van der Waals surface area contributed by atoms with Crippen LogP contribution in [0.4, 0.5) is 0 Å². The number of likely N-dealkylation sites (tertiary alicyclic amines) is 1. The molecule has 1 saturated heterocycles. The highest BCUT2D eigenvalue weighted by Crippen LogP contribution is 2.18. The molecule has 0 N–H and O–H groups in total. The van der Waals surface area contributed by atoms with Crippen molar-refractivity contribution in [3.63, 3.8) is 0 Å². The largest absolute Gasteiger partial charge is 0.383 e. The zero-order chi connectivity index (χ0) is 17.8. The van der Waals surface area contributed by atoms with Crippen molar-refractivity contribution in [2.24, 2.45) is 0 Å². The summed E-state index contributed by atoms with van der Waals surface area (Å²) in [5.41, 5.74) is 1.71. The topological polar surface area (TPSA) is 64.4 Å². The maximum absolute atomic E-state index is 12.9. The highest BCUT2D eigenvalue weighted by molar-refractivity contribution is 5.98. The van der Waals surface area contributed by atoms with Crippen LogP contribution in [-0.2, 0) is 11.3 Å². The first kappa shape index (κ1) is 17.6. The number of hydrogen-bond acceptors (Lipinski definition) is 4. The number of fused-ring (bicyclic) bond motifs is 1. The molecule has 1 fully saturated rings. The Morgan fingerprint density at radius 2 is 1.96 bits per heavy atom. The van der Waals surface area contributed by atoms with Crippen LogP contribution in [-0.4, -0.2) is 47.2 Å². The minimum absolute atomic E-state index is 0.0134. The second-order valence-electron chi connectivity index (χ2n) is 6.57. The Hall–Kier alpha value is -2.21. The van der Waals surface area contributed by atoms with Gasteiger partial charge in [-0.3, -0.25) is 14.6 Å². The third-order valence-corrected chi connectivity index (χ3v) is 4.81. The van der Waals surface area contributed by atoms with Gasteiger partial charge >= 0.3 is 0 Å². The summed E-state index contributed by atoms with van der Waals surface area (Å²) in [6.45, 7) is 4.34. The fraction of sp³-hybridized carbons (Fsp3) is 0.526. The van der Waals surface area contributed by atoms with Gasteiger partial charge in [-0.2, -0.15) is 0 Å². The van der Waals surface area contributed by atoms with E-state index in [0.717, 1.165) is 25.9 Å². The normalized spacial score (nSPS) is 15.4. The predicted molar refractivity (Wildman–Crippen MR) is 97.0 cm³/mol. The molecule has 0 atom stereocenters. The summed E-state index contributed by atoms with van der Waals surface area (Å²) in [5, 5.41) is 0.488. The summed E-state index contributed by atoms with van der Waals surface area (Å²) in [5.74, 6) is -0.0134. The number of amides is 1. The lowest BCUT2D eigenvalue weighted by atomic mass is 10.1. The van der Waals surface area contributed by atoms with Crippen molar-refractivity contribution < 1.29 is 9.53 Å². The van der Waals surface area contributed by atoms with Gasteiger partial charge in [0.15, 0.2) is 0 Å². The predicted octanol–water partition coefficient (Wildman–Crippen LogP) is 2.37. The number of methoxy groups -OCH3 is 1. The second-order valence-corrected chi connectivity index (χ2v) is 6.57. The SMILES string of the molecule is COCCn1ccc2nc(C)c(C(=O)N3CCCCCC3)cc2c1=O. The fourth-order valence-electron chi connectivity index (χ4n) is 3.33. The molecule has 0 saturated carbocycles. The summed E-state index contributed by atoms with van der Waals surface area (Å²) in [7, 11) is 1.61. The first-order valence-electron chi connectivity index (χ1n) is 8.91. The van der Waals surface area contributed by atoms with E-state index in [1.165, 1.54) is 12.8 Å². The molecule has 0 unspecified atom stereocenters. The molecule has 0 radical (unpaired) electrons. The van der Waals surface area contributed by atoms with Crippen LogP contribution in [0.5, 0.6) is 0 Å². The van der Waals surface area contributed by atoms with Crippen LogP contribution in [0.2, 0.25) is 0 Å². The molecule has 2 aromatic heterocycles. The average molecular weight is 343 g/mol. The minimum Gasteiger partial charge on any atom is -0.383 e. The highest BCUT2D eigenvalue weighted by atomic mass is 16.5. The van der Waals surface area contributed by atoms with Gasteiger partial charge in [-0.1, -0.05) is 12.8 Å². The molecule has 1 amide bonds. The third kappa shape index (κ3) is 3.74. The summed E-state index contributed by atoms with van der Waals surface area (Å²) >= 11 is 0. The number of ether oxygens (including phenoxy) is 1. The summed E-state index contributed by atoms with van der Waals surface area (Å²) in [4.78, 5) is 32.0. The zero-order valence-electron chi connectivity index (χ0n) is 15.0. The molecule has 0 aliphatic carbocycles. The van der Waals surface area contributed by atoms with Crippen molar-refractivity contribution in [3.8, 4) is 0 Å². The molecule has 3 heterocycles. The monoisotopic (exact) mass is 343 g/mol. The van der Waals surface area contributed by atoms with Crippen LogP contribution in [0.15, 0.2) is 23.1 Å². The van der Waals surface area contributed by atoms with Gasteiger partial charge in [0.1, 0.15) is 0 Å². The van der Waals surface area contributed by atoms with Crippen LogP contribution < -0.4 is 5.56 Å². The van der Waals surface area contributed by atoms with Crippen molar-refractivity contribution in [1.29, 1.82) is 0 Å². The van der Waals surface area contributed by atoms with E-state index in [-0.39, 0.29) is 11.5 Å². The number of carbonyl (C=O) groups is 1. The molecular formula is C19H25N3O3. The van der Waals surface area contributed by atoms with Crippen LogP contribution >= 0.6 is 0 Å². The van der Waals surface area contributed by atoms with Gasteiger partial charge in [-0.15, -0.1) is 0 Å².